The molecule has 1 heterocycles. The number of nitrogens with zero attached hydrogens (tertiary/aromatic N) is 1. The second-order valence-electron chi connectivity index (χ2n) is 10.4. The standard InChI is InChI=1S/C31H31ClN2O6/c1-18-15-21(32)13-14-22(18)28-27(29(36)33-40-17-19-7-6-8-20(16-19)31(38)39)23-9-2-3-10-24(23)30(37)34(28)25-11-4-5-12-26(25)35/h2-3,6-10,13-16,25-28,35H,4-5,11-12,17H2,1H3,(H,33,36)(H,38,39)/t25-,26-,27+,28-/m0/s1. The van der Waals surface area contributed by atoms with Gasteiger partial charge < -0.3 is 15.1 Å². The third-order valence-corrected chi connectivity index (χ3v) is 8.08. The van der Waals surface area contributed by atoms with Gasteiger partial charge in [0.2, 0.25) is 0 Å². The molecular formula is C31H31ClN2O6. The smallest absolute Gasteiger partial charge is 0.335 e. The third kappa shape index (κ3) is 5.47. The molecule has 1 fully saturated rings. The minimum atomic E-state index is -1.06. The molecule has 3 N–H and O–H groups in total. The fourth-order valence-corrected chi connectivity index (χ4v) is 6.19. The molecule has 3 aromatic carbocycles. The number of carbonyl (C=O) groups is 3. The predicted molar refractivity (Wildman–Crippen MR) is 149 cm³/mol. The summed E-state index contributed by atoms with van der Waals surface area (Å²) in [5, 5.41) is 20.8. The highest BCUT2D eigenvalue weighted by Gasteiger charge is 2.48. The molecule has 1 aliphatic carbocycles. The van der Waals surface area contributed by atoms with Crippen LogP contribution in [0.15, 0.2) is 66.7 Å². The van der Waals surface area contributed by atoms with Gasteiger partial charge in [-0.25, -0.2) is 10.3 Å². The molecule has 0 radical (unpaired) electrons. The molecule has 2 amide bonds. The predicted octanol–water partition coefficient (Wildman–Crippen LogP) is 5.18. The Morgan fingerprint density at radius 3 is 2.55 bits per heavy atom. The first-order chi connectivity index (χ1) is 19.3. The van der Waals surface area contributed by atoms with Gasteiger partial charge in [0.15, 0.2) is 0 Å². The summed E-state index contributed by atoms with van der Waals surface area (Å²) in [6.07, 6.45) is 2.25. The highest BCUT2D eigenvalue weighted by atomic mass is 35.5. The van der Waals surface area contributed by atoms with Crippen molar-refractivity contribution in [3.8, 4) is 0 Å². The van der Waals surface area contributed by atoms with Crippen LogP contribution in [-0.2, 0) is 16.2 Å². The number of carboxylic acid groups (broad SMARTS) is 1. The van der Waals surface area contributed by atoms with Crippen molar-refractivity contribution in [1.82, 2.24) is 10.4 Å². The van der Waals surface area contributed by atoms with Crippen LogP contribution in [0, 0.1) is 6.92 Å². The number of hydroxylamine groups is 1. The first-order valence-electron chi connectivity index (χ1n) is 13.4. The summed E-state index contributed by atoms with van der Waals surface area (Å²) in [5.41, 5.74) is 5.83. The Bertz CT molecular complexity index is 1440. The molecule has 208 valence electrons. The van der Waals surface area contributed by atoms with E-state index in [2.05, 4.69) is 5.48 Å². The fourth-order valence-electron chi connectivity index (χ4n) is 5.97. The highest BCUT2D eigenvalue weighted by Crippen LogP contribution is 2.46. The molecule has 1 saturated carbocycles. The number of rotatable bonds is 7. The van der Waals surface area contributed by atoms with Crippen LogP contribution in [0.4, 0.5) is 0 Å². The first-order valence-corrected chi connectivity index (χ1v) is 13.7. The molecule has 0 saturated heterocycles. The van der Waals surface area contributed by atoms with Crippen LogP contribution < -0.4 is 5.48 Å². The molecular weight excluding hydrogens is 532 g/mol. The topological polar surface area (TPSA) is 116 Å². The van der Waals surface area contributed by atoms with Gasteiger partial charge in [0.05, 0.1) is 36.3 Å². The van der Waals surface area contributed by atoms with E-state index in [-0.39, 0.29) is 18.1 Å². The average Bonchev–Trinajstić information content (AvgIpc) is 2.94. The van der Waals surface area contributed by atoms with E-state index in [0.717, 1.165) is 24.0 Å². The van der Waals surface area contributed by atoms with Crippen molar-refractivity contribution in [3.63, 3.8) is 0 Å². The Balaban J connectivity index is 1.53. The van der Waals surface area contributed by atoms with Gasteiger partial charge in [0.25, 0.3) is 11.8 Å². The lowest BCUT2D eigenvalue weighted by molar-refractivity contribution is -0.138. The van der Waals surface area contributed by atoms with Gasteiger partial charge >= 0.3 is 5.97 Å². The van der Waals surface area contributed by atoms with Gasteiger partial charge in [-0.1, -0.05) is 60.8 Å². The van der Waals surface area contributed by atoms with Crippen molar-refractivity contribution >= 4 is 29.4 Å². The number of amides is 2. The summed E-state index contributed by atoms with van der Waals surface area (Å²) in [6, 6.07) is 17.5. The molecule has 0 bridgehead atoms. The number of carbonyl (C=O) groups excluding carboxylic acids is 2. The number of hydrogen-bond donors (Lipinski definition) is 3. The molecule has 0 spiro atoms. The van der Waals surface area contributed by atoms with E-state index < -0.39 is 36.0 Å². The van der Waals surface area contributed by atoms with E-state index in [0.29, 0.717) is 34.6 Å². The number of aliphatic hydroxyl groups excluding tert-OH is 1. The van der Waals surface area contributed by atoms with Gasteiger partial charge in [0, 0.05) is 10.6 Å². The third-order valence-electron chi connectivity index (χ3n) is 7.85. The van der Waals surface area contributed by atoms with Crippen LogP contribution in [0.5, 0.6) is 0 Å². The van der Waals surface area contributed by atoms with Crippen molar-refractivity contribution in [3.05, 3.63) is 105 Å². The summed E-state index contributed by atoms with van der Waals surface area (Å²) in [7, 11) is 0. The van der Waals surface area contributed by atoms with E-state index in [1.807, 2.05) is 13.0 Å². The van der Waals surface area contributed by atoms with Crippen LogP contribution in [0.3, 0.4) is 0 Å². The van der Waals surface area contributed by atoms with Gasteiger partial charge in [-0.15, -0.1) is 0 Å². The quantitative estimate of drug-likeness (QED) is 0.342. The molecule has 40 heavy (non-hydrogen) atoms. The van der Waals surface area contributed by atoms with E-state index >= 15 is 0 Å². The number of benzene rings is 3. The van der Waals surface area contributed by atoms with Crippen molar-refractivity contribution < 1.29 is 29.4 Å². The summed E-state index contributed by atoms with van der Waals surface area (Å²) < 4.78 is 0. The van der Waals surface area contributed by atoms with E-state index in [4.69, 9.17) is 16.4 Å². The minimum Gasteiger partial charge on any atom is -0.478 e. The molecule has 0 aromatic heterocycles. The zero-order valence-corrected chi connectivity index (χ0v) is 22.8. The van der Waals surface area contributed by atoms with E-state index in [1.54, 1.807) is 53.4 Å². The molecule has 2 aliphatic rings. The SMILES string of the molecule is Cc1cc(Cl)ccc1[C@H]1[C@H](C(=O)NOCc2cccc(C(=O)O)c2)c2ccccc2C(=O)N1[C@H]1CCCC[C@@H]1O. The maximum Gasteiger partial charge on any atom is 0.335 e. The number of carboxylic acids is 1. The van der Waals surface area contributed by atoms with Gasteiger partial charge in [-0.2, -0.15) is 0 Å². The van der Waals surface area contributed by atoms with Crippen molar-refractivity contribution in [2.24, 2.45) is 0 Å². The Morgan fingerprint density at radius 1 is 1.02 bits per heavy atom. The molecule has 0 unspecified atom stereocenters. The van der Waals surface area contributed by atoms with Crippen LogP contribution in [-0.4, -0.2) is 45.0 Å². The van der Waals surface area contributed by atoms with Crippen LogP contribution in [0.25, 0.3) is 0 Å². The number of aryl methyl sites for hydroxylation is 1. The van der Waals surface area contributed by atoms with E-state index in [9.17, 15) is 24.6 Å². The van der Waals surface area contributed by atoms with Gasteiger partial charge in [-0.3, -0.25) is 14.4 Å². The number of fused-ring (bicyclic) bond motifs is 1. The number of aromatic carboxylic acids is 1. The van der Waals surface area contributed by atoms with Crippen molar-refractivity contribution in [2.45, 2.75) is 63.3 Å². The van der Waals surface area contributed by atoms with E-state index in [1.165, 1.54) is 12.1 Å². The molecule has 9 heteroatoms. The molecule has 5 rings (SSSR count). The maximum absolute atomic E-state index is 14.1. The minimum absolute atomic E-state index is 0.0458. The lowest BCUT2D eigenvalue weighted by Gasteiger charge is -2.48. The molecule has 3 aromatic rings. The Labute approximate surface area is 237 Å². The number of nitrogens with one attached hydrogen (secondary N) is 1. The Kier molecular flexibility index (Phi) is 8.21. The number of hydrogen-bond acceptors (Lipinski definition) is 5. The van der Waals surface area contributed by atoms with Crippen LogP contribution in [0.1, 0.15) is 80.6 Å². The largest absolute Gasteiger partial charge is 0.478 e. The lowest BCUT2D eigenvalue weighted by atomic mass is 9.76. The lowest BCUT2D eigenvalue weighted by Crippen LogP contribution is -2.55. The molecule has 4 atom stereocenters. The number of halogens is 1. The summed E-state index contributed by atoms with van der Waals surface area (Å²) >= 11 is 6.27. The summed E-state index contributed by atoms with van der Waals surface area (Å²) in [6.45, 7) is 1.85. The molecule has 1 aliphatic heterocycles. The average molecular weight is 563 g/mol. The normalized spacial score (nSPS) is 22.5. The Hall–Kier alpha value is -3.72. The maximum atomic E-state index is 14.1. The highest BCUT2D eigenvalue weighted by molar-refractivity contribution is 6.30. The second kappa shape index (κ2) is 11.8. The van der Waals surface area contributed by atoms with Crippen molar-refractivity contribution in [2.75, 3.05) is 0 Å². The van der Waals surface area contributed by atoms with Crippen LogP contribution in [0.2, 0.25) is 5.02 Å². The zero-order chi connectivity index (χ0) is 28.4. The van der Waals surface area contributed by atoms with Crippen molar-refractivity contribution in [1.29, 1.82) is 0 Å². The Morgan fingerprint density at radius 2 is 1.80 bits per heavy atom. The second-order valence-corrected chi connectivity index (χ2v) is 10.8. The monoisotopic (exact) mass is 562 g/mol. The number of aliphatic hydroxyl groups is 1. The first kappa shape index (κ1) is 27.8. The molecule has 8 nitrogen and oxygen atoms in total. The summed E-state index contributed by atoms with van der Waals surface area (Å²) in [4.78, 5) is 46.6. The van der Waals surface area contributed by atoms with Crippen LogP contribution >= 0.6 is 11.6 Å². The van der Waals surface area contributed by atoms with Gasteiger partial charge in [-0.05, 0) is 72.4 Å². The van der Waals surface area contributed by atoms with Gasteiger partial charge in [0.1, 0.15) is 0 Å². The fraction of sp³-hybridized carbons (Fsp3) is 0.323. The summed E-state index contributed by atoms with van der Waals surface area (Å²) in [5.74, 6) is -2.57. The zero-order valence-electron chi connectivity index (χ0n) is 22.0.